The molecule has 2 atom stereocenters. The summed E-state index contributed by atoms with van der Waals surface area (Å²) in [6, 6.07) is 13.8. The Hall–Kier alpha value is -2.17. The third-order valence-corrected chi connectivity index (χ3v) is 7.15. The summed E-state index contributed by atoms with van der Waals surface area (Å²) in [5, 5.41) is 1.78. The van der Waals surface area contributed by atoms with E-state index >= 15 is 0 Å². The fourth-order valence-electron chi connectivity index (χ4n) is 5.22. The van der Waals surface area contributed by atoms with Crippen LogP contribution in [0.25, 0.3) is 10.9 Å². The quantitative estimate of drug-likeness (QED) is 0.355. The number of ether oxygens (including phenoxy) is 1. The van der Waals surface area contributed by atoms with Gasteiger partial charge < -0.3 is 4.74 Å². The maximum Gasteiger partial charge on any atom is 0.127 e. The van der Waals surface area contributed by atoms with Crippen molar-refractivity contribution in [2.45, 2.75) is 64.0 Å². The Kier molecular flexibility index (Phi) is 7.64. The van der Waals surface area contributed by atoms with E-state index in [4.69, 9.17) is 16.3 Å². The van der Waals surface area contributed by atoms with Crippen molar-refractivity contribution in [3.05, 3.63) is 70.6 Å². The van der Waals surface area contributed by atoms with Gasteiger partial charge in [-0.1, -0.05) is 43.1 Å². The lowest BCUT2D eigenvalue weighted by molar-refractivity contribution is 0.0826. The van der Waals surface area contributed by atoms with Crippen LogP contribution in [0.3, 0.4) is 0 Å². The SMILES string of the molecule is CCC(c1ccccc1F)N1CCCCC1CCCc1c(Cl)cnc2ccc(OC)cc12. The molecule has 2 unspecified atom stereocenters. The number of aromatic nitrogens is 1. The van der Waals surface area contributed by atoms with Crippen molar-refractivity contribution in [2.75, 3.05) is 13.7 Å². The highest BCUT2D eigenvalue weighted by Crippen LogP contribution is 2.35. The molecule has 170 valence electrons. The molecule has 0 N–H and O–H groups in total. The van der Waals surface area contributed by atoms with Crippen LogP contribution in [0, 0.1) is 5.82 Å². The van der Waals surface area contributed by atoms with Crippen LogP contribution < -0.4 is 4.74 Å². The molecule has 0 spiro atoms. The van der Waals surface area contributed by atoms with E-state index in [0.29, 0.717) is 11.1 Å². The highest BCUT2D eigenvalue weighted by Gasteiger charge is 2.30. The summed E-state index contributed by atoms with van der Waals surface area (Å²) in [7, 11) is 1.68. The predicted molar refractivity (Wildman–Crippen MR) is 130 cm³/mol. The lowest BCUT2D eigenvalue weighted by Crippen LogP contribution is -2.42. The van der Waals surface area contributed by atoms with E-state index in [1.165, 1.54) is 19.3 Å². The monoisotopic (exact) mass is 454 g/mol. The van der Waals surface area contributed by atoms with E-state index in [1.807, 2.05) is 30.3 Å². The number of aryl methyl sites for hydroxylation is 1. The van der Waals surface area contributed by atoms with Crippen molar-refractivity contribution in [1.29, 1.82) is 0 Å². The first-order chi connectivity index (χ1) is 15.6. The normalized spacial score (nSPS) is 18.1. The Morgan fingerprint density at radius 1 is 1.22 bits per heavy atom. The number of likely N-dealkylation sites (tertiary alicyclic amines) is 1. The van der Waals surface area contributed by atoms with Gasteiger partial charge in [0.2, 0.25) is 0 Å². The third kappa shape index (κ3) is 4.92. The number of hydrogen-bond acceptors (Lipinski definition) is 3. The highest BCUT2D eigenvalue weighted by atomic mass is 35.5. The molecule has 2 heterocycles. The molecule has 0 radical (unpaired) electrons. The van der Waals surface area contributed by atoms with E-state index in [0.717, 1.165) is 60.0 Å². The summed E-state index contributed by atoms with van der Waals surface area (Å²) in [6.45, 7) is 3.20. The van der Waals surface area contributed by atoms with Crippen LogP contribution in [0.15, 0.2) is 48.7 Å². The van der Waals surface area contributed by atoms with Crippen LogP contribution >= 0.6 is 11.6 Å². The second-order valence-corrected chi connectivity index (χ2v) is 9.10. The maximum absolute atomic E-state index is 14.6. The fraction of sp³-hybridized carbons (Fsp3) is 0.444. The zero-order valence-corrected chi connectivity index (χ0v) is 19.7. The number of pyridine rings is 1. The molecule has 32 heavy (non-hydrogen) atoms. The molecule has 5 heteroatoms. The van der Waals surface area contributed by atoms with Gasteiger partial charge in [-0.3, -0.25) is 9.88 Å². The molecule has 0 aliphatic carbocycles. The van der Waals surface area contributed by atoms with Crippen molar-refractivity contribution in [3.8, 4) is 5.75 Å². The first-order valence-corrected chi connectivity index (χ1v) is 12.1. The molecule has 3 nitrogen and oxygen atoms in total. The third-order valence-electron chi connectivity index (χ3n) is 6.82. The number of piperidine rings is 1. The van der Waals surface area contributed by atoms with Gasteiger partial charge in [0.15, 0.2) is 0 Å². The van der Waals surface area contributed by atoms with Gasteiger partial charge in [-0.25, -0.2) is 4.39 Å². The van der Waals surface area contributed by atoms with Gasteiger partial charge in [-0.15, -0.1) is 0 Å². The largest absolute Gasteiger partial charge is 0.497 e. The Morgan fingerprint density at radius 2 is 2.06 bits per heavy atom. The van der Waals surface area contributed by atoms with Crippen molar-refractivity contribution < 1.29 is 9.13 Å². The van der Waals surface area contributed by atoms with Gasteiger partial charge in [-0.2, -0.15) is 0 Å². The fourth-order valence-corrected chi connectivity index (χ4v) is 5.46. The molecule has 0 bridgehead atoms. The average molecular weight is 455 g/mol. The standard InChI is InChI=1S/C27H32ClFN2O/c1-3-27(22-11-4-5-13-25(22)29)31-16-7-6-9-19(31)10-8-12-21-23-17-20(32-2)14-15-26(23)30-18-24(21)28/h4-5,11,13-15,17-19,27H,3,6-10,12,16H2,1-2H3. The van der Waals surface area contributed by atoms with Gasteiger partial charge in [-0.05, 0) is 74.9 Å². The summed E-state index contributed by atoms with van der Waals surface area (Å²) in [5.41, 5.74) is 2.91. The number of hydrogen-bond donors (Lipinski definition) is 0. The molecule has 1 saturated heterocycles. The maximum atomic E-state index is 14.6. The second kappa shape index (κ2) is 10.6. The highest BCUT2D eigenvalue weighted by molar-refractivity contribution is 6.32. The van der Waals surface area contributed by atoms with Gasteiger partial charge in [0.25, 0.3) is 0 Å². The lowest BCUT2D eigenvalue weighted by atomic mass is 9.91. The number of fused-ring (bicyclic) bond motifs is 1. The van der Waals surface area contributed by atoms with E-state index in [9.17, 15) is 4.39 Å². The summed E-state index contributed by atoms with van der Waals surface area (Å²) < 4.78 is 20.0. The van der Waals surface area contributed by atoms with Crippen LogP contribution in [-0.4, -0.2) is 29.6 Å². The Labute approximate surface area is 195 Å². The number of rotatable bonds is 8. The van der Waals surface area contributed by atoms with Crippen molar-refractivity contribution in [2.24, 2.45) is 0 Å². The molecular formula is C27H32ClFN2O. The van der Waals surface area contributed by atoms with Crippen molar-refractivity contribution in [3.63, 3.8) is 0 Å². The van der Waals surface area contributed by atoms with E-state index in [1.54, 1.807) is 25.4 Å². The molecule has 1 aromatic heterocycles. The lowest BCUT2D eigenvalue weighted by Gasteiger charge is -2.41. The van der Waals surface area contributed by atoms with E-state index in [2.05, 4.69) is 16.8 Å². The molecule has 2 aromatic carbocycles. The zero-order chi connectivity index (χ0) is 22.5. The topological polar surface area (TPSA) is 25.4 Å². The van der Waals surface area contributed by atoms with Crippen LogP contribution in [0.4, 0.5) is 4.39 Å². The van der Waals surface area contributed by atoms with Gasteiger partial charge >= 0.3 is 0 Å². The van der Waals surface area contributed by atoms with E-state index < -0.39 is 0 Å². The molecule has 1 aliphatic rings. The summed E-state index contributed by atoms with van der Waals surface area (Å²) in [5.74, 6) is 0.726. The van der Waals surface area contributed by atoms with Crippen molar-refractivity contribution in [1.82, 2.24) is 9.88 Å². The smallest absolute Gasteiger partial charge is 0.127 e. The molecule has 0 saturated carbocycles. The molecule has 3 aromatic rings. The number of halogens is 2. The van der Waals surface area contributed by atoms with Gasteiger partial charge in [0.1, 0.15) is 11.6 Å². The van der Waals surface area contributed by atoms with Gasteiger partial charge in [0, 0.05) is 29.2 Å². The zero-order valence-electron chi connectivity index (χ0n) is 19.0. The molecular weight excluding hydrogens is 423 g/mol. The van der Waals surface area contributed by atoms with Gasteiger partial charge in [0.05, 0.1) is 17.6 Å². The Bertz CT molecular complexity index is 1060. The summed E-state index contributed by atoms with van der Waals surface area (Å²) in [6.07, 6.45) is 9.27. The Balaban J connectivity index is 1.50. The predicted octanol–water partition coefficient (Wildman–Crippen LogP) is 7.36. The molecule has 0 amide bonds. The summed E-state index contributed by atoms with van der Waals surface area (Å²) in [4.78, 5) is 7.02. The van der Waals surface area contributed by atoms with Crippen LogP contribution in [-0.2, 0) is 6.42 Å². The Morgan fingerprint density at radius 3 is 2.84 bits per heavy atom. The van der Waals surface area contributed by atoms with Crippen molar-refractivity contribution >= 4 is 22.5 Å². The number of benzene rings is 2. The number of methoxy groups -OCH3 is 1. The van der Waals surface area contributed by atoms with Crippen LogP contribution in [0.2, 0.25) is 5.02 Å². The first-order valence-electron chi connectivity index (χ1n) is 11.7. The average Bonchev–Trinajstić information content (AvgIpc) is 2.82. The minimum Gasteiger partial charge on any atom is -0.497 e. The molecule has 1 aliphatic heterocycles. The molecule has 4 rings (SSSR count). The first kappa shape index (κ1) is 23.0. The van der Waals surface area contributed by atoms with E-state index in [-0.39, 0.29) is 11.9 Å². The minimum absolute atomic E-state index is 0.0901. The summed E-state index contributed by atoms with van der Waals surface area (Å²) >= 11 is 6.56. The van der Waals surface area contributed by atoms with Crippen LogP contribution in [0.1, 0.15) is 62.6 Å². The second-order valence-electron chi connectivity index (χ2n) is 8.69. The number of nitrogens with zero attached hydrogens (tertiary/aromatic N) is 2. The molecule has 1 fully saturated rings. The van der Waals surface area contributed by atoms with Crippen LogP contribution in [0.5, 0.6) is 5.75 Å². The minimum atomic E-state index is -0.0901.